The third-order valence-corrected chi connectivity index (χ3v) is 5.48. The molecule has 1 aromatic rings. The molecule has 1 aromatic carbocycles. The smallest absolute Gasteiger partial charge is 0.336 e. The number of methoxy groups -OCH3 is 3. The van der Waals surface area contributed by atoms with Gasteiger partial charge in [-0.3, -0.25) is 4.79 Å². The highest BCUT2D eigenvalue weighted by atomic mass is 16.5. The molecule has 0 saturated heterocycles. The molecule has 3 unspecified atom stereocenters. The van der Waals surface area contributed by atoms with E-state index in [1.54, 1.807) is 14.0 Å². The first-order chi connectivity index (χ1) is 12.4. The van der Waals surface area contributed by atoms with Gasteiger partial charge in [-0.05, 0) is 18.1 Å². The van der Waals surface area contributed by atoms with Gasteiger partial charge in [-0.25, -0.2) is 4.79 Å². The number of nitrogens with one attached hydrogen (secondary N) is 1. The molecule has 0 spiro atoms. The van der Waals surface area contributed by atoms with E-state index >= 15 is 0 Å². The zero-order valence-corrected chi connectivity index (χ0v) is 15.4. The first kappa shape index (κ1) is 18.2. The van der Waals surface area contributed by atoms with Crippen molar-refractivity contribution in [2.45, 2.75) is 25.4 Å². The summed E-state index contributed by atoms with van der Waals surface area (Å²) in [5.41, 5.74) is 2.10. The number of ether oxygens (including phenoxy) is 3. The van der Waals surface area contributed by atoms with Gasteiger partial charge in [-0.15, -0.1) is 0 Å². The van der Waals surface area contributed by atoms with Crippen LogP contribution in [-0.2, 0) is 30.2 Å². The molecule has 0 aromatic heterocycles. The zero-order valence-electron chi connectivity index (χ0n) is 15.4. The van der Waals surface area contributed by atoms with Crippen LogP contribution in [0.15, 0.2) is 47.8 Å². The van der Waals surface area contributed by atoms with Crippen molar-refractivity contribution in [3.8, 4) is 0 Å². The van der Waals surface area contributed by atoms with E-state index in [1.807, 2.05) is 24.3 Å². The van der Waals surface area contributed by atoms with Gasteiger partial charge in [0.15, 0.2) is 0 Å². The lowest BCUT2D eigenvalue weighted by Gasteiger charge is -2.51. The first-order valence-corrected chi connectivity index (χ1v) is 8.37. The van der Waals surface area contributed by atoms with Gasteiger partial charge in [0, 0.05) is 30.8 Å². The molecule has 6 heteroatoms. The highest BCUT2D eigenvalue weighted by molar-refractivity contribution is 5.96. The fraction of sp³-hybridized carbons (Fsp3) is 0.400. The molecule has 0 amide bonds. The largest absolute Gasteiger partial charge is 0.468 e. The minimum Gasteiger partial charge on any atom is -0.468 e. The van der Waals surface area contributed by atoms with Gasteiger partial charge in [0.25, 0.3) is 0 Å². The Morgan fingerprint density at radius 1 is 1.19 bits per heavy atom. The maximum Gasteiger partial charge on any atom is 0.336 e. The van der Waals surface area contributed by atoms with E-state index in [4.69, 9.17) is 14.2 Å². The minimum atomic E-state index is -1.26. The number of esters is 2. The molecule has 26 heavy (non-hydrogen) atoms. The van der Waals surface area contributed by atoms with Crippen molar-refractivity contribution in [1.82, 2.24) is 5.32 Å². The van der Waals surface area contributed by atoms with Gasteiger partial charge in [0.1, 0.15) is 5.41 Å². The van der Waals surface area contributed by atoms with Crippen molar-refractivity contribution in [2.75, 3.05) is 21.3 Å². The lowest BCUT2D eigenvalue weighted by atomic mass is 9.56. The summed E-state index contributed by atoms with van der Waals surface area (Å²) < 4.78 is 15.9. The van der Waals surface area contributed by atoms with Gasteiger partial charge >= 0.3 is 11.9 Å². The van der Waals surface area contributed by atoms with Gasteiger partial charge in [0.05, 0.1) is 25.9 Å². The summed E-state index contributed by atoms with van der Waals surface area (Å²) in [6.07, 6.45) is -0.0328. The molecule has 0 bridgehead atoms. The molecular formula is C20H23NO5. The molecule has 0 radical (unpaired) electrons. The quantitative estimate of drug-likeness (QED) is 0.835. The number of rotatable bonds is 3. The second-order valence-corrected chi connectivity index (χ2v) is 6.55. The topological polar surface area (TPSA) is 73.9 Å². The van der Waals surface area contributed by atoms with E-state index in [-0.39, 0.29) is 0 Å². The average molecular weight is 357 g/mol. The molecule has 138 valence electrons. The molecule has 1 aliphatic carbocycles. The number of allylic oxidation sites excluding steroid dienone is 1. The van der Waals surface area contributed by atoms with Crippen LogP contribution in [0.3, 0.4) is 0 Å². The Morgan fingerprint density at radius 3 is 2.50 bits per heavy atom. The van der Waals surface area contributed by atoms with Crippen molar-refractivity contribution >= 4 is 11.9 Å². The summed E-state index contributed by atoms with van der Waals surface area (Å²) in [5.74, 6) is -1.59. The van der Waals surface area contributed by atoms with Crippen molar-refractivity contribution in [2.24, 2.45) is 5.41 Å². The molecular weight excluding hydrogens is 334 g/mol. The lowest BCUT2D eigenvalue weighted by molar-refractivity contribution is -0.162. The molecule has 6 nitrogen and oxygen atoms in total. The Hall–Kier alpha value is -2.60. The maximum absolute atomic E-state index is 13.1. The number of carbonyl (C=O) groups excluding carboxylic acids is 2. The van der Waals surface area contributed by atoms with E-state index in [1.165, 1.54) is 14.2 Å². The maximum atomic E-state index is 13.1. The molecule has 3 atom stereocenters. The Balaban J connectivity index is 2.39. The second kappa shape index (κ2) is 6.61. The molecule has 1 aliphatic heterocycles. The summed E-state index contributed by atoms with van der Waals surface area (Å²) in [4.78, 5) is 25.8. The molecule has 1 heterocycles. The SMILES string of the molecule is C=C1NC(C)=C(C(=O)OC)C2c3ccccc3CC(OC)C12C(=O)OC. The Kier molecular flexibility index (Phi) is 4.63. The Bertz CT molecular complexity index is 812. The van der Waals surface area contributed by atoms with Crippen molar-refractivity contribution in [1.29, 1.82) is 0 Å². The Morgan fingerprint density at radius 2 is 1.88 bits per heavy atom. The third kappa shape index (κ3) is 2.29. The van der Waals surface area contributed by atoms with E-state index in [0.29, 0.717) is 23.4 Å². The standard InChI is InChI=1S/C20H23NO5/c1-11-16(18(22)25-4)17-14-9-7-6-8-13(14)10-15(24-3)20(17,12(2)21-11)19(23)26-5/h6-9,15,17,21H,2,10H2,1,3-5H3. The fourth-order valence-corrected chi connectivity index (χ4v) is 4.35. The van der Waals surface area contributed by atoms with Crippen LogP contribution in [0.25, 0.3) is 0 Å². The van der Waals surface area contributed by atoms with Crippen LogP contribution in [0.4, 0.5) is 0 Å². The van der Waals surface area contributed by atoms with Crippen molar-refractivity contribution in [3.05, 3.63) is 58.9 Å². The number of hydrogen-bond donors (Lipinski definition) is 1. The van der Waals surface area contributed by atoms with Crippen molar-refractivity contribution in [3.63, 3.8) is 0 Å². The van der Waals surface area contributed by atoms with E-state index < -0.39 is 29.4 Å². The summed E-state index contributed by atoms with van der Waals surface area (Å²) >= 11 is 0. The monoisotopic (exact) mass is 357 g/mol. The fourth-order valence-electron chi connectivity index (χ4n) is 4.35. The van der Waals surface area contributed by atoms with Gasteiger partial charge in [0.2, 0.25) is 0 Å². The second-order valence-electron chi connectivity index (χ2n) is 6.55. The molecule has 3 rings (SSSR count). The van der Waals surface area contributed by atoms with Crippen LogP contribution in [0.1, 0.15) is 24.0 Å². The lowest BCUT2D eigenvalue weighted by Crippen LogP contribution is -2.59. The normalized spacial score (nSPS) is 27.2. The van der Waals surface area contributed by atoms with Crippen molar-refractivity contribution < 1.29 is 23.8 Å². The predicted octanol–water partition coefficient (Wildman–Crippen LogP) is 2.06. The van der Waals surface area contributed by atoms with Crippen LogP contribution in [0, 0.1) is 5.41 Å². The van der Waals surface area contributed by atoms with Crippen LogP contribution < -0.4 is 5.32 Å². The summed E-state index contributed by atoms with van der Waals surface area (Å²) in [6.45, 7) is 5.88. The molecule has 0 saturated carbocycles. The van der Waals surface area contributed by atoms with Gasteiger partial charge in [-0.1, -0.05) is 30.8 Å². The van der Waals surface area contributed by atoms with E-state index in [9.17, 15) is 9.59 Å². The predicted molar refractivity (Wildman–Crippen MR) is 95.1 cm³/mol. The van der Waals surface area contributed by atoms with E-state index in [2.05, 4.69) is 11.9 Å². The van der Waals surface area contributed by atoms with Gasteiger partial charge in [-0.2, -0.15) is 0 Å². The number of hydrogen-bond acceptors (Lipinski definition) is 6. The minimum absolute atomic E-state index is 0.388. The Labute approximate surface area is 152 Å². The van der Waals surface area contributed by atoms with E-state index in [0.717, 1.165) is 11.1 Å². The van der Waals surface area contributed by atoms with Gasteiger partial charge < -0.3 is 19.5 Å². The molecule has 1 N–H and O–H groups in total. The summed E-state index contributed by atoms with van der Waals surface area (Å²) in [7, 11) is 4.21. The van der Waals surface area contributed by atoms with Crippen LogP contribution in [-0.4, -0.2) is 39.4 Å². The zero-order chi connectivity index (χ0) is 19.1. The third-order valence-electron chi connectivity index (χ3n) is 5.48. The number of carbonyl (C=O) groups is 2. The first-order valence-electron chi connectivity index (χ1n) is 8.37. The number of benzene rings is 1. The highest BCUT2D eigenvalue weighted by Gasteiger charge is 2.62. The molecule has 0 fully saturated rings. The highest BCUT2D eigenvalue weighted by Crippen LogP contribution is 2.56. The van der Waals surface area contributed by atoms with Crippen LogP contribution >= 0.6 is 0 Å². The summed E-state index contributed by atoms with van der Waals surface area (Å²) in [5, 5.41) is 3.10. The number of fused-ring (bicyclic) bond motifs is 3. The molecule has 2 aliphatic rings. The van der Waals surface area contributed by atoms with Crippen LogP contribution in [0.5, 0.6) is 0 Å². The average Bonchev–Trinajstić information content (AvgIpc) is 2.66. The summed E-state index contributed by atoms with van der Waals surface area (Å²) in [6, 6.07) is 7.74. The van der Waals surface area contributed by atoms with Crippen LogP contribution in [0.2, 0.25) is 0 Å².